The molecule has 2 aromatic carbocycles. The summed E-state index contributed by atoms with van der Waals surface area (Å²) < 4.78 is 18.6. The van der Waals surface area contributed by atoms with Crippen molar-refractivity contribution in [1.82, 2.24) is 20.4 Å². The van der Waals surface area contributed by atoms with Crippen LogP contribution < -0.4 is 5.32 Å². The van der Waals surface area contributed by atoms with Gasteiger partial charge in [0.25, 0.3) is 0 Å². The minimum atomic E-state index is -0.367. The van der Waals surface area contributed by atoms with Gasteiger partial charge in [-0.2, -0.15) is 4.98 Å². The number of hydrogen-bond acceptors (Lipinski definition) is 5. The van der Waals surface area contributed by atoms with E-state index in [1.54, 1.807) is 12.1 Å². The zero-order chi connectivity index (χ0) is 21.4. The fourth-order valence-electron chi connectivity index (χ4n) is 4.42. The fourth-order valence-corrected chi connectivity index (χ4v) is 4.42. The van der Waals surface area contributed by atoms with E-state index in [0.717, 1.165) is 5.56 Å². The maximum atomic E-state index is 13.1. The molecular formula is C23H21FN4O3. The number of halogens is 1. The first-order valence-corrected chi connectivity index (χ1v) is 10.3. The molecule has 0 radical (unpaired) electrons. The Morgan fingerprint density at radius 3 is 2.61 bits per heavy atom. The number of carbonyl (C=O) groups excluding carboxylic acids is 2. The third-order valence-corrected chi connectivity index (χ3v) is 6.06. The summed E-state index contributed by atoms with van der Waals surface area (Å²) in [5.74, 6) is 0.119. The zero-order valence-corrected chi connectivity index (χ0v) is 16.7. The molecule has 1 saturated heterocycles. The third kappa shape index (κ3) is 3.81. The van der Waals surface area contributed by atoms with Crippen molar-refractivity contribution in [1.29, 1.82) is 0 Å². The molecule has 0 bridgehead atoms. The highest BCUT2D eigenvalue weighted by atomic mass is 19.1. The number of hydrogen-bond donors (Lipinski definition) is 1. The second-order valence-corrected chi connectivity index (χ2v) is 8.05. The maximum absolute atomic E-state index is 13.1. The Morgan fingerprint density at radius 2 is 1.84 bits per heavy atom. The lowest BCUT2D eigenvalue weighted by Crippen LogP contribution is -2.60. The lowest BCUT2D eigenvalue weighted by molar-refractivity contribution is -0.137. The molecule has 2 aliphatic rings. The number of amides is 3. The molecule has 31 heavy (non-hydrogen) atoms. The smallest absolute Gasteiger partial charge is 0.324 e. The first-order chi connectivity index (χ1) is 15.1. The lowest BCUT2D eigenvalue weighted by atomic mass is 9.76. The molecule has 8 heteroatoms. The topological polar surface area (TPSA) is 88.3 Å². The molecule has 1 N–H and O–H groups in total. The van der Waals surface area contributed by atoms with Gasteiger partial charge in [-0.3, -0.25) is 9.69 Å². The second kappa shape index (κ2) is 7.94. The van der Waals surface area contributed by atoms with Gasteiger partial charge in [0, 0.05) is 17.5 Å². The van der Waals surface area contributed by atoms with E-state index in [2.05, 4.69) is 15.5 Å². The summed E-state index contributed by atoms with van der Waals surface area (Å²) in [6, 6.07) is 14.8. The van der Waals surface area contributed by atoms with Gasteiger partial charge in [0.1, 0.15) is 5.82 Å². The molecule has 3 aromatic rings. The van der Waals surface area contributed by atoms with Crippen molar-refractivity contribution in [2.45, 2.75) is 37.8 Å². The van der Waals surface area contributed by atoms with Gasteiger partial charge < -0.3 is 9.84 Å². The molecule has 2 heterocycles. The number of nitrogens with one attached hydrogen (secondary N) is 1. The van der Waals surface area contributed by atoms with E-state index in [9.17, 15) is 14.0 Å². The van der Waals surface area contributed by atoms with E-state index in [-0.39, 0.29) is 42.2 Å². The Kier molecular flexibility index (Phi) is 4.97. The van der Waals surface area contributed by atoms with Crippen LogP contribution in [0.15, 0.2) is 59.1 Å². The molecule has 7 nitrogen and oxygen atoms in total. The Balaban J connectivity index is 1.28. The molecule has 1 aromatic heterocycles. The highest BCUT2D eigenvalue weighted by Gasteiger charge is 2.45. The van der Waals surface area contributed by atoms with Crippen LogP contribution in [-0.2, 0) is 11.3 Å². The van der Waals surface area contributed by atoms with Crippen molar-refractivity contribution >= 4 is 11.9 Å². The lowest BCUT2D eigenvalue weighted by Gasteiger charge is -2.41. The monoisotopic (exact) mass is 420 g/mol. The molecule has 5 rings (SSSR count). The van der Waals surface area contributed by atoms with Gasteiger partial charge in [-0.05, 0) is 49.1 Å². The summed E-state index contributed by atoms with van der Waals surface area (Å²) in [5.41, 5.74) is 1.58. The molecule has 3 amide bonds. The van der Waals surface area contributed by atoms with Gasteiger partial charge in [-0.1, -0.05) is 35.5 Å². The average molecular weight is 420 g/mol. The number of rotatable bonds is 4. The highest BCUT2D eigenvalue weighted by molar-refractivity contribution is 5.98. The molecule has 3 atom stereocenters. The van der Waals surface area contributed by atoms with Crippen LogP contribution in [0.3, 0.4) is 0 Å². The number of urea groups is 1. The van der Waals surface area contributed by atoms with Gasteiger partial charge >= 0.3 is 6.03 Å². The number of fused-ring (bicyclic) bond motifs is 1. The fraction of sp³-hybridized carbons (Fsp3) is 0.304. The van der Waals surface area contributed by atoms with Crippen molar-refractivity contribution in [3.8, 4) is 11.4 Å². The van der Waals surface area contributed by atoms with Crippen molar-refractivity contribution in [3.05, 3.63) is 71.9 Å². The van der Waals surface area contributed by atoms with Crippen molar-refractivity contribution in [2.75, 3.05) is 0 Å². The summed E-state index contributed by atoms with van der Waals surface area (Å²) in [5, 5.41) is 7.01. The van der Waals surface area contributed by atoms with Crippen molar-refractivity contribution < 1.29 is 18.5 Å². The van der Waals surface area contributed by atoms with E-state index < -0.39 is 0 Å². The van der Waals surface area contributed by atoms with Crippen molar-refractivity contribution in [2.24, 2.45) is 5.92 Å². The Labute approximate surface area is 178 Å². The molecule has 1 saturated carbocycles. The quantitative estimate of drug-likeness (QED) is 0.692. The number of benzene rings is 2. The molecule has 1 aliphatic carbocycles. The average Bonchev–Trinajstić information content (AvgIpc) is 3.28. The van der Waals surface area contributed by atoms with Crippen LogP contribution in [-0.4, -0.2) is 33.0 Å². The molecule has 1 aliphatic heterocycles. The van der Waals surface area contributed by atoms with Gasteiger partial charge in [-0.25, -0.2) is 9.18 Å². The molecular weight excluding hydrogens is 399 g/mol. The van der Waals surface area contributed by atoms with Crippen LogP contribution in [0.4, 0.5) is 9.18 Å². The molecule has 2 fully saturated rings. The van der Waals surface area contributed by atoms with Crippen LogP contribution in [0.5, 0.6) is 0 Å². The van der Waals surface area contributed by atoms with Crippen LogP contribution in [0.25, 0.3) is 11.4 Å². The van der Waals surface area contributed by atoms with E-state index >= 15 is 0 Å². The van der Waals surface area contributed by atoms with Crippen molar-refractivity contribution in [3.63, 3.8) is 0 Å². The number of aromatic nitrogens is 2. The first-order valence-electron chi connectivity index (χ1n) is 10.3. The van der Waals surface area contributed by atoms with Gasteiger partial charge in [0.2, 0.25) is 17.6 Å². The summed E-state index contributed by atoms with van der Waals surface area (Å²) >= 11 is 0. The Hall–Kier alpha value is -3.55. The SMILES string of the molecule is O=C1NC2CC(c3nc(-c4ccc(F)cc4)no3)CCC2C(=O)N1Cc1ccccc1. The normalized spacial score (nSPS) is 23.4. The number of carbonyl (C=O) groups is 2. The Bertz CT molecular complexity index is 1100. The van der Waals surface area contributed by atoms with E-state index in [1.165, 1.54) is 17.0 Å². The summed E-state index contributed by atoms with van der Waals surface area (Å²) in [6.07, 6.45) is 1.91. The minimum absolute atomic E-state index is 0.0447. The number of nitrogens with zero attached hydrogens (tertiary/aromatic N) is 3. The van der Waals surface area contributed by atoms with E-state index in [1.807, 2.05) is 30.3 Å². The van der Waals surface area contributed by atoms with Crippen LogP contribution in [0, 0.1) is 11.7 Å². The second-order valence-electron chi connectivity index (χ2n) is 8.05. The largest absolute Gasteiger partial charge is 0.339 e. The standard InChI is InChI=1S/C23H21FN4O3/c24-17-9-6-15(7-10-17)20-26-21(31-27-20)16-8-11-18-19(12-16)25-23(30)28(22(18)29)13-14-4-2-1-3-5-14/h1-7,9-10,16,18-19H,8,11-13H2,(H,25,30). The summed E-state index contributed by atoms with van der Waals surface area (Å²) in [6.45, 7) is 0.267. The summed E-state index contributed by atoms with van der Waals surface area (Å²) in [4.78, 5) is 31.4. The van der Waals surface area contributed by atoms with Crippen LogP contribution in [0.2, 0.25) is 0 Å². The van der Waals surface area contributed by atoms with E-state index in [0.29, 0.717) is 36.5 Å². The first kappa shape index (κ1) is 19.4. The predicted octanol–water partition coefficient (Wildman–Crippen LogP) is 3.88. The molecule has 3 unspecified atom stereocenters. The van der Waals surface area contributed by atoms with Gasteiger partial charge in [-0.15, -0.1) is 0 Å². The molecule has 0 spiro atoms. The molecule has 158 valence electrons. The van der Waals surface area contributed by atoms with Gasteiger partial charge in [0.15, 0.2) is 0 Å². The number of imide groups is 1. The van der Waals surface area contributed by atoms with Crippen LogP contribution >= 0.6 is 0 Å². The minimum Gasteiger partial charge on any atom is -0.339 e. The summed E-state index contributed by atoms with van der Waals surface area (Å²) in [7, 11) is 0. The predicted molar refractivity (Wildman–Crippen MR) is 109 cm³/mol. The Morgan fingerprint density at radius 1 is 1.06 bits per heavy atom. The van der Waals surface area contributed by atoms with Crippen LogP contribution in [0.1, 0.15) is 36.6 Å². The zero-order valence-electron chi connectivity index (χ0n) is 16.7. The third-order valence-electron chi connectivity index (χ3n) is 6.06. The van der Waals surface area contributed by atoms with E-state index in [4.69, 9.17) is 4.52 Å². The van der Waals surface area contributed by atoms with Gasteiger partial charge in [0.05, 0.1) is 12.5 Å². The maximum Gasteiger partial charge on any atom is 0.324 e. The highest BCUT2D eigenvalue weighted by Crippen LogP contribution is 2.38.